The van der Waals surface area contributed by atoms with E-state index in [1.807, 2.05) is 4.90 Å². The molecular formula is C14H22N2O4. The van der Waals surface area contributed by atoms with Gasteiger partial charge in [-0.1, -0.05) is 12.8 Å². The van der Waals surface area contributed by atoms with Gasteiger partial charge in [0, 0.05) is 26.1 Å². The Balaban J connectivity index is 1.98. The molecule has 2 aliphatic rings. The molecule has 112 valence electrons. The summed E-state index contributed by atoms with van der Waals surface area (Å²) in [5.41, 5.74) is 0. The van der Waals surface area contributed by atoms with Gasteiger partial charge in [0.2, 0.25) is 11.8 Å². The van der Waals surface area contributed by atoms with Crippen LogP contribution in [-0.4, -0.2) is 58.4 Å². The smallest absolute Gasteiger partial charge is 0.326 e. The third-order valence-corrected chi connectivity index (χ3v) is 4.56. The van der Waals surface area contributed by atoms with Crippen molar-refractivity contribution in [3.63, 3.8) is 0 Å². The molecule has 0 aromatic carbocycles. The fraction of sp³-hybridized carbons (Fsp3) is 0.786. The van der Waals surface area contributed by atoms with Gasteiger partial charge in [0.15, 0.2) is 0 Å². The zero-order valence-electron chi connectivity index (χ0n) is 12.0. The van der Waals surface area contributed by atoms with Crippen LogP contribution >= 0.6 is 0 Å². The highest BCUT2D eigenvalue weighted by Crippen LogP contribution is 2.30. The van der Waals surface area contributed by atoms with Crippen molar-refractivity contribution >= 4 is 17.8 Å². The van der Waals surface area contributed by atoms with Crippen LogP contribution in [0.4, 0.5) is 0 Å². The van der Waals surface area contributed by atoms with Gasteiger partial charge < -0.3 is 14.9 Å². The predicted octanol–water partition coefficient (Wildman–Crippen LogP) is 0.709. The van der Waals surface area contributed by atoms with E-state index in [0.29, 0.717) is 6.54 Å². The average molecular weight is 282 g/mol. The second-order valence-electron chi connectivity index (χ2n) is 5.85. The van der Waals surface area contributed by atoms with Crippen molar-refractivity contribution in [1.82, 2.24) is 9.80 Å². The molecule has 2 atom stereocenters. The van der Waals surface area contributed by atoms with Gasteiger partial charge in [0.05, 0.1) is 5.92 Å². The molecule has 0 aromatic heterocycles. The number of likely N-dealkylation sites (N-methyl/N-ethyl adjacent to an activating group) is 1. The summed E-state index contributed by atoms with van der Waals surface area (Å²) in [6.45, 7) is 1.92. The van der Waals surface area contributed by atoms with Gasteiger partial charge in [-0.2, -0.15) is 0 Å². The lowest BCUT2D eigenvalue weighted by Gasteiger charge is -2.26. The fourth-order valence-corrected chi connectivity index (χ4v) is 3.11. The first-order chi connectivity index (χ1) is 9.41. The lowest BCUT2D eigenvalue weighted by Crippen LogP contribution is -2.44. The van der Waals surface area contributed by atoms with Crippen LogP contribution in [0.1, 0.15) is 39.0 Å². The molecule has 0 radical (unpaired) electrons. The lowest BCUT2D eigenvalue weighted by atomic mass is 10.1. The summed E-state index contributed by atoms with van der Waals surface area (Å²) in [6, 6.07) is -0.583. The third kappa shape index (κ3) is 2.78. The van der Waals surface area contributed by atoms with Crippen LogP contribution in [0.2, 0.25) is 0 Å². The number of nitrogens with zero attached hydrogens (tertiary/aromatic N) is 2. The first kappa shape index (κ1) is 14.8. The number of aliphatic carboxylic acids is 1. The molecule has 0 aromatic rings. The molecule has 20 heavy (non-hydrogen) atoms. The molecule has 0 unspecified atom stereocenters. The quantitative estimate of drug-likeness (QED) is 0.823. The van der Waals surface area contributed by atoms with Crippen molar-refractivity contribution in [1.29, 1.82) is 0 Å². The molecule has 2 rings (SSSR count). The standard InChI is InChI=1S/C14H22N2O4/c1-9(14(19)20)15(2)13(18)10-7-12(17)16(8-10)11-5-3-4-6-11/h9-11H,3-8H2,1-2H3,(H,19,20)/t9-,10-/m0/s1. The lowest BCUT2D eigenvalue weighted by molar-refractivity contribution is -0.149. The van der Waals surface area contributed by atoms with E-state index >= 15 is 0 Å². The molecule has 1 aliphatic heterocycles. The maximum absolute atomic E-state index is 12.3. The molecule has 1 heterocycles. The normalized spacial score (nSPS) is 25.0. The minimum absolute atomic E-state index is 0.0339. The van der Waals surface area contributed by atoms with Crippen LogP contribution in [-0.2, 0) is 14.4 Å². The molecule has 6 heteroatoms. The number of hydrogen-bond donors (Lipinski definition) is 1. The summed E-state index contributed by atoms with van der Waals surface area (Å²) in [5, 5.41) is 8.95. The van der Waals surface area contributed by atoms with E-state index in [0.717, 1.165) is 25.7 Å². The summed E-state index contributed by atoms with van der Waals surface area (Å²) in [7, 11) is 1.49. The number of carbonyl (C=O) groups is 3. The summed E-state index contributed by atoms with van der Waals surface area (Å²) >= 11 is 0. The average Bonchev–Trinajstić information content (AvgIpc) is 3.04. The Bertz CT molecular complexity index is 417. The maximum Gasteiger partial charge on any atom is 0.326 e. The molecule has 2 fully saturated rings. The zero-order valence-corrected chi connectivity index (χ0v) is 12.0. The topological polar surface area (TPSA) is 77.9 Å². The molecule has 1 N–H and O–H groups in total. The van der Waals surface area contributed by atoms with E-state index in [9.17, 15) is 14.4 Å². The zero-order chi connectivity index (χ0) is 14.9. The highest BCUT2D eigenvalue weighted by molar-refractivity contribution is 5.91. The van der Waals surface area contributed by atoms with E-state index in [4.69, 9.17) is 5.11 Å². The molecular weight excluding hydrogens is 260 g/mol. The maximum atomic E-state index is 12.3. The Morgan fingerprint density at radius 3 is 2.50 bits per heavy atom. The largest absolute Gasteiger partial charge is 0.480 e. The van der Waals surface area contributed by atoms with Crippen molar-refractivity contribution in [3.05, 3.63) is 0 Å². The van der Waals surface area contributed by atoms with Crippen LogP contribution in [0.3, 0.4) is 0 Å². The Hall–Kier alpha value is -1.59. The molecule has 1 saturated carbocycles. The number of carbonyl (C=O) groups excluding carboxylic acids is 2. The minimum Gasteiger partial charge on any atom is -0.480 e. The van der Waals surface area contributed by atoms with Crippen molar-refractivity contribution in [2.45, 2.75) is 51.1 Å². The summed E-state index contributed by atoms with van der Waals surface area (Å²) < 4.78 is 0. The number of hydrogen-bond acceptors (Lipinski definition) is 3. The summed E-state index contributed by atoms with van der Waals surface area (Å²) in [5.74, 6) is -1.63. The van der Waals surface area contributed by atoms with Gasteiger partial charge in [-0.15, -0.1) is 0 Å². The second kappa shape index (κ2) is 5.81. The second-order valence-corrected chi connectivity index (χ2v) is 5.85. The van der Waals surface area contributed by atoms with E-state index in [-0.39, 0.29) is 24.3 Å². The van der Waals surface area contributed by atoms with Gasteiger partial charge >= 0.3 is 5.97 Å². The number of carboxylic acids is 1. The molecule has 6 nitrogen and oxygen atoms in total. The van der Waals surface area contributed by atoms with E-state index in [1.165, 1.54) is 18.9 Å². The van der Waals surface area contributed by atoms with Crippen LogP contribution < -0.4 is 0 Å². The van der Waals surface area contributed by atoms with Crippen LogP contribution in [0.15, 0.2) is 0 Å². The summed E-state index contributed by atoms with van der Waals surface area (Å²) in [4.78, 5) is 38.3. The first-order valence-corrected chi connectivity index (χ1v) is 7.20. The number of carboxylic acid groups (broad SMARTS) is 1. The molecule has 1 aliphatic carbocycles. The van der Waals surface area contributed by atoms with Crippen LogP contribution in [0.25, 0.3) is 0 Å². The molecule has 1 saturated heterocycles. The molecule has 2 amide bonds. The van der Waals surface area contributed by atoms with Crippen molar-refractivity contribution in [2.24, 2.45) is 5.92 Å². The van der Waals surface area contributed by atoms with E-state index in [2.05, 4.69) is 0 Å². The van der Waals surface area contributed by atoms with Crippen molar-refractivity contribution < 1.29 is 19.5 Å². The minimum atomic E-state index is -1.03. The number of likely N-dealkylation sites (tertiary alicyclic amines) is 1. The van der Waals surface area contributed by atoms with Gasteiger partial charge in [0.1, 0.15) is 6.04 Å². The van der Waals surface area contributed by atoms with Crippen molar-refractivity contribution in [2.75, 3.05) is 13.6 Å². The predicted molar refractivity (Wildman–Crippen MR) is 71.9 cm³/mol. The van der Waals surface area contributed by atoms with E-state index < -0.39 is 17.9 Å². The molecule has 0 bridgehead atoms. The van der Waals surface area contributed by atoms with Gasteiger partial charge in [0.25, 0.3) is 0 Å². The van der Waals surface area contributed by atoms with Crippen molar-refractivity contribution in [3.8, 4) is 0 Å². The fourth-order valence-electron chi connectivity index (χ4n) is 3.11. The highest BCUT2D eigenvalue weighted by Gasteiger charge is 2.40. The van der Waals surface area contributed by atoms with Crippen LogP contribution in [0.5, 0.6) is 0 Å². The Labute approximate surface area is 118 Å². The third-order valence-electron chi connectivity index (χ3n) is 4.56. The SMILES string of the molecule is C[C@@H](C(=O)O)N(C)C(=O)[C@H]1CC(=O)N(C2CCCC2)C1. The first-order valence-electron chi connectivity index (χ1n) is 7.20. The number of rotatable bonds is 4. The van der Waals surface area contributed by atoms with Gasteiger partial charge in [-0.25, -0.2) is 4.79 Å². The van der Waals surface area contributed by atoms with Gasteiger partial charge in [-0.3, -0.25) is 9.59 Å². The highest BCUT2D eigenvalue weighted by atomic mass is 16.4. The van der Waals surface area contributed by atoms with Gasteiger partial charge in [-0.05, 0) is 19.8 Å². The Kier molecular flexibility index (Phi) is 4.30. The monoisotopic (exact) mass is 282 g/mol. The number of amides is 2. The summed E-state index contributed by atoms with van der Waals surface area (Å²) in [6.07, 6.45) is 4.54. The Morgan fingerprint density at radius 1 is 1.35 bits per heavy atom. The molecule has 0 spiro atoms. The van der Waals surface area contributed by atoms with E-state index in [1.54, 1.807) is 0 Å². The Morgan fingerprint density at radius 2 is 1.95 bits per heavy atom. The van der Waals surface area contributed by atoms with Crippen LogP contribution in [0, 0.1) is 5.92 Å².